The van der Waals surface area contributed by atoms with Gasteiger partial charge in [-0.25, -0.2) is 4.21 Å². The molecule has 4 nitrogen and oxygen atoms in total. The number of nitrogens with zero attached hydrogens (tertiary/aromatic N) is 1. The van der Waals surface area contributed by atoms with Gasteiger partial charge >= 0.3 is 0 Å². The predicted octanol–water partition coefficient (Wildman–Crippen LogP) is 1.30. The number of benzene rings is 1. The molecule has 0 saturated heterocycles. The van der Waals surface area contributed by atoms with Crippen LogP contribution in [-0.2, 0) is 11.3 Å². The molecule has 1 rings (SSSR count). The highest BCUT2D eigenvalue weighted by atomic mass is 32.2. The van der Waals surface area contributed by atoms with Crippen molar-refractivity contribution in [2.45, 2.75) is 0 Å². The first-order chi connectivity index (χ1) is 6.09. The van der Waals surface area contributed by atoms with E-state index in [1.165, 1.54) is 0 Å². The second-order valence-corrected chi connectivity index (χ2v) is 3.50. The third kappa shape index (κ3) is 3.04. The van der Waals surface area contributed by atoms with Gasteiger partial charge in [-0.05, 0) is 18.2 Å². The lowest BCUT2D eigenvalue weighted by molar-refractivity contribution is 0.570. The number of nitrogens with one attached hydrogen (secondary N) is 1. The fourth-order valence-corrected chi connectivity index (χ4v) is 1.28. The first-order valence-corrected chi connectivity index (χ1v) is 4.85. The van der Waals surface area contributed by atoms with Crippen LogP contribution in [0.5, 0.6) is 0 Å². The molecule has 0 bridgehead atoms. The minimum atomic E-state index is -2.01. The van der Waals surface area contributed by atoms with E-state index < -0.39 is 11.3 Å². The van der Waals surface area contributed by atoms with Crippen molar-refractivity contribution >= 4 is 22.6 Å². The van der Waals surface area contributed by atoms with Gasteiger partial charge < -0.3 is 4.90 Å². The normalized spacial score (nSPS) is 12.2. The smallest absolute Gasteiger partial charge is 0.259 e. The molecular formula is C8H12N2O2S. The van der Waals surface area contributed by atoms with E-state index in [-0.39, 0.29) is 0 Å². The van der Waals surface area contributed by atoms with Crippen LogP contribution in [0.2, 0.25) is 0 Å². The number of hydrogen-bond acceptors (Lipinski definition) is 2. The lowest BCUT2D eigenvalue weighted by atomic mass is 10.3. The molecular weight excluding hydrogens is 188 g/mol. The Hall–Kier alpha value is -1.07. The number of rotatable bonds is 3. The van der Waals surface area contributed by atoms with Crippen molar-refractivity contribution in [3.8, 4) is 0 Å². The molecule has 0 fully saturated rings. The van der Waals surface area contributed by atoms with Crippen LogP contribution in [0.15, 0.2) is 24.3 Å². The van der Waals surface area contributed by atoms with Gasteiger partial charge in [0.1, 0.15) is 0 Å². The van der Waals surface area contributed by atoms with Gasteiger partial charge in [-0.3, -0.25) is 9.27 Å². The van der Waals surface area contributed by atoms with E-state index >= 15 is 0 Å². The Morgan fingerprint density at radius 1 is 1.46 bits per heavy atom. The van der Waals surface area contributed by atoms with Crippen LogP contribution in [0.25, 0.3) is 0 Å². The SMILES string of the molecule is CN(C)c1cccc(NS(=O)O)c1. The zero-order chi connectivity index (χ0) is 9.84. The van der Waals surface area contributed by atoms with Gasteiger partial charge in [-0.15, -0.1) is 0 Å². The average Bonchev–Trinajstić information content (AvgIpc) is 2.03. The van der Waals surface area contributed by atoms with Crippen LogP contribution in [0.4, 0.5) is 11.4 Å². The summed E-state index contributed by atoms with van der Waals surface area (Å²) in [6.45, 7) is 0. The van der Waals surface area contributed by atoms with Crippen LogP contribution in [0.1, 0.15) is 0 Å². The second-order valence-electron chi connectivity index (χ2n) is 2.80. The minimum Gasteiger partial charge on any atom is -0.378 e. The van der Waals surface area contributed by atoms with Crippen molar-refractivity contribution in [2.24, 2.45) is 0 Å². The Balaban J connectivity index is 2.85. The highest BCUT2D eigenvalue weighted by Crippen LogP contribution is 2.17. The zero-order valence-corrected chi connectivity index (χ0v) is 8.34. The summed E-state index contributed by atoms with van der Waals surface area (Å²) in [6.07, 6.45) is 0. The molecule has 0 spiro atoms. The monoisotopic (exact) mass is 200 g/mol. The highest BCUT2D eigenvalue weighted by Gasteiger charge is 1.98. The van der Waals surface area contributed by atoms with E-state index in [0.29, 0.717) is 5.69 Å². The van der Waals surface area contributed by atoms with Gasteiger partial charge in [0.25, 0.3) is 11.3 Å². The van der Waals surface area contributed by atoms with E-state index in [9.17, 15) is 4.21 Å². The maximum absolute atomic E-state index is 10.4. The molecule has 0 amide bonds. The Bertz CT molecular complexity index is 315. The van der Waals surface area contributed by atoms with Crippen molar-refractivity contribution in [3.05, 3.63) is 24.3 Å². The van der Waals surface area contributed by atoms with E-state index in [1.54, 1.807) is 12.1 Å². The zero-order valence-electron chi connectivity index (χ0n) is 7.52. The van der Waals surface area contributed by atoms with Crippen LogP contribution < -0.4 is 9.62 Å². The summed E-state index contributed by atoms with van der Waals surface area (Å²) in [5.74, 6) is 0. The first-order valence-electron chi connectivity index (χ1n) is 3.74. The van der Waals surface area contributed by atoms with Gasteiger partial charge in [0.05, 0.1) is 5.69 Å². The molecule has 0 saturated carbocycles. The summed E-state index contributed by atoms with van der Waals surface area (Å²) in [4.78, 5) is 1.92. The van der Waals surface area contributed by atoms with Gasteiger partial charge in [-0.1, -0.05) is 6.07 Å². The van der Waals surface area contributed by atoms with Crippen LogP contribution in [0, 0.1) is 0 Å². The fourth-order valence-electron chi connectivity index (χ4n) is 0.948. The maximum atomic E-state index is 10.4. The van der Waals surface area contributed by atoms with Crippen molar-refractivity contribution in [1.82, 2.24) is 0 Å². The van der Waals surface area contributed by atoms with Crippen LogP contribution in [0.3, 0.4) is 0 Å². The number of anilines is 2. The van der Waals surface area contributed by atoms with Crippen molar-refractivity contribution in [2.75, 3.05) is 23.7 Å². The summed E-state index contributed by atoms with van der Waals surface area (Å²) < 4.78 is 21.4. The topological polar surface area (TPSA) is 52.6 Å². The van der Waals surface area contributed by atoms with Crippen molar-refractivity contribution in [1.29, 1.82) is 0 Å². The lowest BCUT2D eigenvalue weighted by Crippen LogP contribution is -2.09. The molecule has 5 heteroatoms. The third-order valence-electron chi connectivity index (χ3n) is 1.57. The van der Waals surface area contributed by atoms with E-state index in [2.05, 4.69) is 4.72 Å². The molecule has 2 N–H and O–H groups in total. The summed E-state index contributed by atoms with van der Waals surface area (Å²) in [5.41, 5.74) is 1.61. The number of hydrogen-bond donors (Lipinski definition) is 2. The van der Waals surface area contributed by atoms with Gasteiger partial charge in [0, 0.05) is 19.8 Å². The van der Waals surface area contributed by atoms with Crippen LogP contribution in [-0.4, -0.2) is 22.9 Å². The molecule has 13 heavy (non-hydrogen) atoms. The Kier molecular flexibility index (Phi) is 3.27. The first kappa shape index (κ1) is 10.0. The Morgan fingerprint density at radius 2 is 2.15 bits per heavy atom. The molecule has 1 aromatic rings. The summed E-state index contributed by atoms with van der Waals surface area (Å²) in [6, 6.07) is 7.28. The molecule has 0 heterocycles. The quantitative estimate of drug-likeness (QED) is 0.723. The molecule has 0 radical (unpaired) electrons. The van der Waals surface area contributed by atoms with Crippen LogP contribution >= 0.6 is 0 Å². The summed E-state index contributed by atoms with van der Waals surface area (Å²) >= 11 is -2.01. The Labute approximate surface area is 80.0 Å². The maximum Gasteiger partial charge on any atom is 0.259 e. The lowest BCUT2D eigenvalue weighted by Gasteiger charge is -2.13. The minimum absolute atomic E-state index is 0.632. The fraction of sp³-hybridized carbons (Fsp3) is 0.250. The van der Waals surface area contributed by atoms with Gasteiger partial charge in [-0.2, -0.15) is 0 Å². The second kappa shape index (κ2) is 4.25. The Morgan fingerprint density at radius 3 is 2.69 bits per heavy atom. The molecule has 0 aromatic heterocycles. The predicted molar refractivity (Wildman–Crippen MR) is 55.2 cm³/mol. The van der Waals surface area contributed by atoms with Crippen molar-refractivity contribution in [3.63, 3.8) is 0 Å². The summed E-state index contributed by atoms with van der Waals surface area (Å²) in [7, 11) is 3.82. The van der Waals surface area contributed by atoms with Gasteiger partial charge in [0.15, 0.2) is 0 Å². The van der Waals surface area contributed by atoms with E-state index in [1.807, 2.05) is 31.1 Å². The highest BCUT2D eigenvalue weighted by molar-refractivity contribution is 7.80. The third-order valence-corrected chi connectivity index (χ3v) is 1.98. The molecule has 0 aliphatic rings. The largest absolute Gasteiger partial charge is 0.378 e. The molecule has 72 valence electrons. The van der Waals surface area contributed by atoms with Gasteiger partial charge in [0.2, 0.25) is 0 Å². The average molecular weight is 200 g/mol. The van der Waals surface area contributed by atoms with E-state index in [4.69, 9.17) is 4.55 Å². The molecule has 1 aromatic carbocycles. The summed E-state index contributed by atoms with van der Waals surface area (Å²) in [5, 5.41) is 0. The molecule has 0 aliphatic heterocycles. The standard InChI is InChI=1S/C8H12N2O2S/c1-10(2)8-5-3-4-7(6-8)9-13(11)12/h3-6,9H,1-2H3,(H,11,12). The van der Waals surface area contributed by atoms with E-state index in [0.717, 1.165) is 5.69 Å². The molecule has 1 atom stereocenters. The van der Waals surface area contributed by atoms with Crippen molar-refractivity contribution < 1.29 is 8.76 Å². The molecule has 0 aliphatic carbocycles. The molecule has 1 unspecified atom stereocenters.